The van der Waals surface area contributed by atoms with Gasteiger partial charge in [-0.1, -0.05) is 259 Å². The lowest BCUT2D eigenvalue weighted by atomic mass is 9.94. The number of hydrogen-bond acceptors (Lipinski definition) is 19. The van der Waals surface area contributed by atoms with E-state index in [2.05, 4.69) is 5.32 Å². The number of rotatable bonds is 33. The molecule has 24 heteroatoms. The minimum absolute atomic E-state index is 0.0295. The number of halogens is 3. The van der Waals surface area contributed by atoms with Crippen LogP contribution in [0, 0.1) is 0 Å². The van der Waals surface area contributed by atoms with Crippen molar-refractivity contribution < 1.29 is 90.5 Å². The average molecular weight is 1470 g/mol. The van der Waals surface area contributed by atoms with Gasteiger partial charge < -0.3 is 76.2 Å². The summed E-state index contributed by atoms with van der Waals surface area (Å²) in [6.45, 7) is -0.586. The number of methoxy groups -OCH3 is 1. The van der Waals surface area contributed by atoms with E-state index in [-0.39, 0.29) is 70.6 Å². The smallest absolute Gasteiger partial charge is 0.412 e. The Bertz CT molecular complexity index is 3850. The molecule has 12 rings (SSSR count). The quantitative estimate of drug-likeness (QED) is 0.0128. The Balaban J connectivity index is 0.895. The SMILES string of the molecule is CO[C@H]1O[C@H](COCc2ccccc2)[C@@H](OCOC[C@H]2O[C@@H](OC(=O)NC(Cl)(Cl)Cl)[C@H](N3C(=O)c4ccccc4C3=O)[C@@H](OCc3ccccc3)[C@@H]2OCc2ccccc2)[C@H](O[C@H]2O[C@H](COCc3ccccc3)[C@@H](OCc3ccccc3)[C@H](OCc3ccccc3)[C@@H]2O)[C@@H]1OCc1ccccc1. The van der Waals surface area contributed by atoms with Crippen molar-refractivity contribution in [3.63, 3.8) is 0 Å². The highest BCUT2D eigenvalue weighted by atomic mass is 35.6. The first-order valence-electron chi connectivity index (χ1n) is 33.9. The van der Waals surface area contributed by atoms with Crippen LogP contribution in [0.2, 0.25) is 0 Å². The molecule has 3 amide bonds. The van der Waals surface area contributed by atoms with Gasteiger partial charge in [0.2, 0.25) is 6.29 Å². The highest BCUT2D eigenvalue weighted by molar-refractivity contribution is 6.67. The van der Waals surface area contributed by atoms with Crippen molar-refractivity contribution in [3.05, 3.63) is 287 Å². The van der Waals surface area contributed by atoms with Gasteiger partial charge in [-0.2, -0.15) is 0 Å². The van der Waals surface area contributed by atoms with Crippen LogP contribution in [0.1, 0.15) is 59.7 Å². The third-order valence-corrected chi connectivity index (χ3v) is 18.1. The standard InChI is InChI=1S/C79H81Cl3N2O19/c1-89-77-72(97-47-58-37-21-8-22-38-58)71(102-76-65(85)70(96-46-57-35-19-7-20-36-57)67(94-44-55-31-15-5-16-32-55)61(100-76)48-90-41-52-25-9-2-10-26-52)68(62(101-77)49-91-42-53-27-11-3-12-28-53)98-51-92-50-63-66(93-43-54-29-13-4-14-30-54)69(95-45-56-33-17-6-18-34-56)64(75(99-63)103-78(88)83-79(80,81)82)84-73(86)59-39-23-24-40-60(59)74(84)87/h2-40,61-72,75-77,85H,41-51H2,1H3,(H,83,88)/t61-,62-,63-,64-,65+,66-,67-,68-,69-,70-,71+,72+,75+,76-,77+/m1/s1. The Kier molecular flexibility index (Phi) is 27.3. The number of fused-ring (bicyclic) bond motifs is 1. The van der Waals surface area contributed by atoms with E-state index in [1.54, 1.807) is 12.1 Å². The summed E-state index contributed by atoms with van der Waals surface area (Å²) in [5.41, 5.74) is 5.96. The fraction of sp³-hybridized carbons (Fsp3) is 0.354. The zero-order chi connectivity index (χ0) is 71.3. The summed E-state index contributed by atoms with van der Waals surface area (Å²) in [6.07, 6.45) is -18.8. The number of ether oxygens (including phenoxy) is 15. The lowest BCUT2D eigenvalue weighted by Crippen LogP contribution is -2.67. The molecule has 2 N–H and O–H groups in total. The fourth-order valence-electron chi connectivity index (χ4n) is 12.8. The van der Waals surface area contributed by atoms with Crippen LogP contribution in [-0.4, -0.2) is 158 Å². The van der Waals surface area contributed by atoms with Crippen molar-refractivity contribution in [1.82, 2.24) is 10.2 Å². The van der Waals surface area contributed by atoms with Crippen molar-refractivity contribution in [3.8, 4) is 0 Å². The predicted molar refractivity (Wildman–Crippen MR) is 377 cm³/mol. The molecular formula is C79H81Cl3N2O19. The molecule has 15 atom stereocenters. The van der Waals surface area contributed by atoms with Gasteiger partial charge in [-0.25, -0.2) is 4.79 Å². The second-order valence-electron chi connectivity index (χ2n) is 24.9. The summed E-state index contributed by atoms with van der Waals surface area (Å²) < 4.78 is 98.4. The number of carbonyl (C=O) groups is 3. The molecule has 4 heterocycles. The number of imide groups is 1. The van der Waals surface area contributed by atoms with E-state index < -0.39 is 127 Å². The van der Waals surface area contributed by atoms with Crippen LogP contribution in [0.25, 0.3) is 0 Å². The average Bonchev–Trinajstić information content (AvgIpc) is 1.68. The Labute approximate surface area is 612 Å². The minimum Gasteiger partial charge on any atom is -0.417 e. The number of benzene rings is 8. The number of amides is 3. The van der Waals surface area contributed by atoms with Crippen LogP contribution in [0.4, 0.5) is 4.79 Å². The summed E-state index contributed by atoms with van der Waals surface area (Å²) in [6, 6.07) is 71.2. The molecule has 3 saturated heterocycles. The zero-order valence-corrected chi connectivity index (χ0v) is 58.6. The maximum atomic E-state index is 14.7. The van der Waals surface area contributed by atoms with Crippen LogP contribution >= 0.6 is 34.8 Å². The molecule has 542 valence electrons. The Hall–Kier alpha value is -7.56. The molecule has 3 fully saturated rings. The summed E-state index contributed by atoms with van der Waals surface area (Å²) in [5, 5.41) is 15.2. The molecule has 0 spiro atoms. The molecule has 0 radical (unpaired) electrons. The van der Waals surface area contributed by atoms with E-state index in [4.69, 9.17) is 106 Å². The largest absolute Gasteiger partial charge is 0.417 e. The lowest BCUT2D eigenvalue weighted by Gasteiger charge is -2.49. The number of carbonyl (C=O) groups excluding carboxylic acids is 3. The first-order chi connectivity index (χ1) is 50.3. The van der Waals surface area contributed by atoms with Crippen molar-refractivity contribution >= 4 is 52.7 Å². The number of nitrogens with zero attached hydrogens (tertiary/aromatic N) is 1. The van der Waals surface area contributed by atoms with E-state index in [0.29, 0.717) is 5.56 Å². The van der Waals surface area contributed by atoms with Crippen LogP contribution in [0.3, 0.4) is 0 Å². The van der Waals surface area contributed by atoms with E-state index in [9.17, 15) is 19.5 Å². The van der Waals surface area contributed by atoms with Crippen LogP contribution in [0.15, 0.2) is 237 Å². The normalized spacial score (nSPS) is 25.6. The molecule has 0 bridgehead atoms. The number of aliphatic hydroxyl groups is 1. The maximum absolute atomic E-state index is 14.7. The summed E-state index contributed by atoms with van der Waals surface area (Å²) in [7, 11) is 1.48. The summed E-state index contributed by atoms with van der Waals surface area (Å²) in [5.74, 6) is -1.44. The van der Waals surface area contributed by atoms with E-state index in [1.165, 1.54) is 19.2 Å². The van der Waals surface area contributed by atoms with Gasteiger partial charge in [0.05, 0.1) is 77.2 Å². The van der Waals surface area contributed by atoms with Gasteiger partial charge in [-0.05, 0) is 51.1 Å². The van der Waals surface area contributed by atoms with Gasteiger partial charge in [-0.15, -0.1) is 0 Å². The third-order valence-electron chi connectivity index (χ3n) is 17.8. The second-order valence-corrected chi connectivity index (χ2v) is 27.2. The van der Waals surface area contributed by atoms with Gasteiger partial charge in [-0.3, -0.25) is 19.8 Å². The first-order valence-corrected chi connectivity index (χ1v) is 35.0. The first kappa shape index (κ1) is 75.1. The van der Waals surface area contributed by atoms with E-state index in [0.717, 1.165) is 38.3 Å². The van der Waals surface area contributed by atoms with Gasteiger partial charge in [0, 0.05) is 7.11 Å². The Morgan fingerprint density at radius 3 is 1.15 bits per heavy atom. The number of aliphatic hydroxyl groups excluding tert-OH is 1. The number of alkyl carbamates (subject to hydrolysis) is 1. The van der Waals surface area contributed by atoms with Crippen molar-refractivity contribution in [2.75, 3.05) is 33.7 Å². The highest BCUT2D eigenvalue weighted by Gasteiger charge is 2.58. The molecule has 0 aromatic heterocycles. The third kappa shape index (κ3) is 20.5. The van der Waals surface area contributed by atoms with Crippen molar-refractivity contribution in [2.24, 2.45) is 0 Å². The number of alkyl halides is 3. The van der Waals surface area contributed by atoms with Gasteiger partial charge in [0.1, 0.15) is 80.0 Å². The molecule has 8 aromatic rings. The van der Waals surface area contributed by atoms with Crippen LogP contribution in [0.5, 0.6) is 0 Å². The zero-order valence-electron chi connectivity index (χ0n) is 56.3. The summed E-state index contributed by atoms with van der Waals surface area (Å²) in [4.78, 5) is 44.3. The molecule has 21 nitrogen and oxygen atoms in total. The highest BCUT2D eigenvalue weighted by Crippen LogP contribution is 2.39. The number of nitrogens with one attached hydrogen (secondary N) is 1. The van der Waals surface area contributed by atoms with Crippen molar-refractivity contribution in [2.45, 2.75) is 142 Å². The van der Waals surface area contributed by atoms with Gasteiger partial charge in [0.25, 0.3) is 15.7 Å². The summed E-state index contributed by atoms with van der Waals surface area (Å²) >= 11 is 18.3. The lowest BCUT2D eigenvalue weighted by molar-refractivity contribution is -0.376. The van der Waals surface area contributed by atoms with Crippen molar-refractivity contribution in [1.29, 1.82) is 0 Å². The van der Waals surface area contributed by atoms with Crippen LogP contribution in [-0.2, 0) is 117 Å². The molecule has 4 aliphatic rings. The van der Waals surface area contributed by atoms with E-state index in [1.807, 2.05) is 212 Å². The topological polar surface area (TPSA) is 225 Å². The molecule has 0 aliphatic carbocycles. The molecule has 0 saturated carbocycles. The van der Waals surface area contributed by atoms with Gasteiger partial charge >= 0.3 is 6.09 Å². The molecule has 0 unspecified atom stereocenters. The van der Waals surface area contributed by atoms with Gasteiger partial charge in [0.15, 0.2) is 12.6 Å². The molecule has 4 aliphatic heterocycles. The maximum Gasteiger partial charge on any atom is 0.412 e. The minimum atomic E-state index is -2.37. The monoisotopic (exact) mass is 1470 g/mol. The molecular weight excluding hydrogens is 1390 g/mol. The molecule has 8 aromatic carbocycles. The Morgan fingerprint density at radius 1 is 0.408 bits per heavy atom. The Morgan fingerprint density at radius 2 is 0.738 bits per heavy atom. The predicted octanol–water partition coefficient (Wildman–Crippen LogP) is 12.0. The van der Waals surface area contributed by atoms with Crippen LogP contribution < -0.4 is 5.32 Å². The second kappa shape index (κ2) is 37.4. The number of hydrogen-bond donors (Lipinski definition) is 2. The molecule has 103 heavy (non-hydrogen) atoms. The fourth-order valence-corrected chi connectivity index (χ4v) is 13.0. The van der Waals surface area contributed by atoms with E-state index >= 15 is 0 Å².